The number of phenolic OH excluding ortho intramolecular Hbond substituents is 1. The van der Waals surface area contributed by atoms with Gasteiger partial charge in [0.05, 0.1) is 20.9 Å². The van der Waals surface area contributed by atoms with E-state index in [9.17, 15) is 9.90 Å². The van der Waals surface area contributed by atoms with Crippen molar-refractivity contribution in [2.45, 2.75) is 26.7 Å². The number of aromatic nitrogens is 2. The molecule has 1 aromatic heterocycles. The number of hydrogen-bond donors (Lipinski definition) is 2. The molecule has 0 amide bonds. The van der Waals surface area contributed by atoms with Crippen molar-refractivity contribution < 1.29 is 5.11 Å². The molecule has 0 aliphatic rings. The van der Waals surface area contributed by atoms with Crippen molar-refractivity contribution in [3.63, 3.8) is 0 Å². The Morgan fingerprint density at radius 3 is 2.33 bits per heavy atom. The van der Waals surface area contributed by atoms with Gasteiger partial charge in [-0.2, -0.15) is 0 Å². The van der Waals surface area contributed by atoms with Crippen molar-refractivity contribution in [2.75, 3.05) is 0 Å². The minimum atomic E-state index is -0.190. The van der Waals surface area contributed by atoms with E-state index in [1.54, 1.807) is 25.1 Å². The molecule has 1 heterocycles. The highest BCUT2D eigenvalue weighted by Crippen LogP contribution is 2.39. The van der Waals surface area contributed by atoms with Gasteiger partial charge in [-0.3, -0.25) is 4.79 Å². The molecule has 0 aliphatic heterocycles. The Bertz CT molecular complexity index is 987. The number of halogens is 2. The number of benzene rings is 2. The molecule has 3 aromatic rings. The highest BCUT2D eigenvalue weighted by atomic mass is 35.5. The van der Waals surface area contributed by atoms with Gasteiger partial charge in [-0.15, -0.1) is 0 Å². The lowest BCUT2D eigenvalue weighted by atomic mass is 9.91. The molecule has 24 heavy (non-hydrogen) atoms. The molecule has 0 fully saturated rings. The minimum Gasteiger partial charge on any atom is -0.505 e. The van der Waals surface area contributed by atoms with Gasteiger partial charge in [0.2, 0.25) is 0 Å². The molecule has 0 unspecified atom stereocenters. The van der Waals surface area contributed by atoms with Crippen molar-refractivity contribution >= 4 is 34.1 Å². The van der Waals surface area contributed by atoms with Gasteiger partial charge < -0.3 is 10.1 Å². The number of aromatic amines is 1. The Morgan fingerprint density at radius 1 is 1.12 bits per heavy atom. The number of nitrogens with zero attached hydrogens (tertiary/aromatic N) is 1. The van der Waals surface area contributed by atoms with Crippen LogP contribution in [-0.4, -0.2) is 15.1 Å². The van der Waals surface area contributed by atoms with Crippen LogP contribution in [0, 0.1) is 6.92 Å². The Morgan fingerprint density at radius 2 is 1.75 bits per heavy atom. The predicted octanol–water partition coefficient (Wildman–Crippen LogP) is 5.03. The smallest absolute Gasteiger partial charge is 0.258 e. The van der Waals surface area contributed by atoms with Gasteiger partial charge in [0.15, 0.2) is 5.75 Å². The van der Waals surface area contributed by atoms with Gasteiger partial charge in [0, 0.05) is 0 Å². The van der Waals surface area contributed by atoms with Gasteiger partial charge in [0.25, 0.3) is 5.56 Å². The molecule has 0 atom stereocenters. The minimum absolute atomic E-state index is 0.149. The molecule has 4 nitrogen and oxygen atoms in total. The van der Waals surface area contributed by atoms with Crippen LogP contribution >= 0.6 is 23.2 Å². The Labute approximate surface area is 149 Å². The first-order valence-corrected chi connectivity index (χ1v) is 8.26. The molecule has 0 bridgehead atoms. The molecule has 0 saturated heterocycles. The second-order valence-electron chi connectivity index (χ2n) is 6.05. The highest BCUT2D eigenvalue weighted by molar-refractivity contribution is 6.37. The first-order valence-electron chi connectivity index (χ1n) is 7.51. The maximum atomic E-state index is 12.3. The van der Waals surface area contributed by atoms with Gasteiger partial charge in [0.1, 0.15) is 5.82 Å². The quantitative estimate of drug-likeness (QED) is 0.671. The number of nitrogens with one attached hydrogen (secondary N) is 1. The fourth-order valence-electron chi connectivity index (χ4n) is 2.77. The molecule has 124 valence electrons. The lowest BCUT2D eigenvalue weighted by Crippen LogP contribution is -2.10. The van der Waals surface area contributed by atoms with E-state index in [1.165, 1.54) is 0 Å². The van der Waals surface area contributed by atoms with Crippen LogP contribution in [0.4, 0.5) is 0 Å². The fraction of sp³-hybridized carbons (Fsp3) is 0.222. The summed E-state index contributed by atoms with van der Waals surface area (Å²) in [7, 11) is 0. The number of fused-ring (bicyclic) bond motifs is 1. The Balaban J connectivity index is 2.38. The highest BCUT2D eigenvalue weighted by Gasteiger charge is 2.16. The number of phenols is 1. The zero-order valence-electron chi connectivity index (χ0n) is 13.4. The van der Waals surface area contributed by atoms with Crippen LogP contribution in [0.25, 0.3) is 22.0 Å². The van der Waals surface area contributed by atoms with Crippen LogP contribution in [0.15, 0.2) is 29.1 Å². The molecule has 6 heteroatoms. The van der Waals surface area contributed by atoms with E-state index in [4.69, 9.17) is 23.2 Å². The van der Waals surface area contributed by atoms with Crippen molar-refractivity contribution in [2.24, 2.45) is 0 Å². The van der Waals surface area contributed by atoms with E-state index in [0.717, 1.165) is 16.7 Å². The van der Waals surface area contributed by atoms with Crippen LogP contribution in [0.2, 0.25) is 10.0 Å². The molecule has 2 N–H and O–H groups in total. The SMILES string of the molecule is Cc1nc2cc(C(C)C)c(-c3cc(Cl)c(O)c(Cl)c3)cc2c(=O)[nH]1. The summed E-state index contributed by atoms with van der Waals surface area (Å²) in [5.74, 6) is 0.631. The lowest BCUT2D eigenvalue weighted by Gasteiger charge is -2.15. The normalized spacial score (nSPS) is 11.4. The van der Waals surface area contributed by atoms with Gasteiger partial charge in [-0.25, -0.2) is 4.98 Å². The third-order valence-electron chi connectivity index (χ3n) is 3.94. The summed E-state index contributed by atoms with van der Waals surface area (Å²) in [4.78, 5) is 19.4. The molecule has 0 saturated carbocycles. The first kappa shape index (κ1) is 16.8. The molecule has 0 radical (unpaired) electrons. The van der Waals surface area contributed by atoms with Crippen molar-refractivity contribution in [1.29, 1.82) is 0 Å². The summed E-state index contributed by atoms with van der Waals surface area (Å²) in [6.45, 7) is 5.88. The number of H-pyrrole nitrogens is 1. The average Bonchev–Trinajstić information content (AvgIpc) is 2.50. The van der Waals surface area contributed by atoms with E-state index in [0.29, 0.717) is 16.7 Å². The number of aryl methyl sites for hydroxylation is 1. The molecular weight excluding hydrogens is 347 g/mol. The van der Waals surface area contributed by atoms with Gasteiger partial charge >= 0.3 is 0 Å². The molecule has 3 rings (SSSR count). The Hall–Kier alpha value is -2.04. The average molecular weight is 363 g/mol. The standard InChI is InChI=1S/C18H16Cl2N2O2/c1-8(2)11-7-16-13(18(24)22-9(3)21-16)6-12(11)10-4-14(19)17(23)15(20)5-10/h4-8,23H,1-3H3,(H,21,22,24). The van der Waals surface area contributed by atoms with E-state index >= 15 is 0 Å². The molecular formula is C18H16Cl2N2O2. The van der Waals surface area contributed by atoms with Crippen molar-refractivity contribution in [1.82, 2.24) is 9.97 Å². The maximum absolute atomic E-state index is 12.3. The second kappa shape index (κ2) is 6.11. The molecule has 0 aliphatic carbocycles. The summed E-state index contributed by atoms with van der Waals surface area (Å²) in [6.07, 6.45) is 0. The number of hydrogen-bond acceptors (Lipinski definition) is 3. The lowest BCUT2D eigenvalue weighted by molar-refractivity contribution is 0.476. The largest absolute Gasteiger partial charge is 0.505 e. The van der Waals surface area contributed by atoms with Crippen molar-refractivity contribution in [3.8, 4) is 16.9 Å². The molecule has 2 aromatic carbocycles. The first-order chi connectivity index (χ1) is 11.3. The summed E-state index contributed by atoms with van der Waals surface area (Å²) >= 11 is 12.1. The van der Waals surface area contributed by atoms with E-state index in [2.05, 4.69) is 23.8 Å². The van der Waals surface area contributed by atoms with Gasteiger partial charge in [-0.05, 0) is 53.8 Å². The van der Waals surface area contributed by atoms with E-state index in [1.807, 2.05) is 6.07 Å². The summed E-state index contributed by atoms with van der Waals surface area (Å²) in [6, 6.07) is 7.01. The van der Waals surface area contributed by atoms with Crippen molar-refractivity contribution in [3.05, 3.63) is 56.1 Å². The maximum Gasteiger partial charge on any atom is 0.258 e. The van der Waals surface area contributed by atoms with Crippen LogP contribution in [0.3, 0.4) is 0 Å². The third kappa shape index (κ3) is 2.87. The predicted molar refractivity (Wildman–Crippen MR) is 98.3 cm³/mol. The van der Waals surface area contributed by atoms with E-state index in [-0.39, 0.29) is 27.3 Å². The second-order valence-corrected chi connectivity index (χ2v) is 6.87. The monoisotopic (exact) mass is 362 g/mol. The zero-order chi connectivity index (χ0) is 17.6. The molecule has 0 spiro atoms. The topological polar surface area (TPSA) is 66.0 Å². The van der Waals surface area contributed by atoms with Gasteiger partial charge in [-0.1, -0.05) is 37.0 Å². The van der Waals surface area contributed by atoms with E-state index < -0.39 is 0 Å². The van der Waals surface area contributed by atoms with Crippen LogP contribution < -0.4 is 5.56 Å². The van der Waals surface area contributed by atoms with Crippen LogP contribution in [-0.2, 0) is 0 Å². The Kier molecular flexibility index (Phi) is 4.28. The summed E-state index contributed by atoms with van der Waals surface area (Å²) < 4.78 is 0. The number of rotatable bonds is 2. The number of aromatic hydroxyl groups is 1. The van der Waals surface area contributed by atoms with Crippen LogP contribution in [0.5, 0.6) is 5.75 Å². The summed E-state index contributed by atoms with van der Waals surface area (Å²) in [5.41, 5.74) is 3.08. The zero-order valence-corrected chi connectivity index (χ0v) is 15.0. The summed E-state index contributed by atoms with van der Waals surface area (Å²) in [5, 5.41) is 10.6. The van der Waals surface area contributed by atoms with Crippen LogP contribution in [0.1, 0.15) is 31.2 Å². The fourth-order valence-corrected chi connectivity index (χ4v) is 3.25. The third-order valence-corrected chi connectivity index (χ3v) is 4.52.